The van der Waals surface area contributed by atoms with Crippen molar-refractivity contribution in [1.29, 1.82) is 0 Å². The Hall–Kier alpha value is -2.83. The molecule has 30 heavy (non-hydrogen) atoms. The van der Waals surface area contributed by atoms with Crippen molar-refractivity contribution >= 4 is 17.6 Å². The second-order valence-electron chi connectivity index (χ2n) is 8.03. The van der Waals surface area contributed by atoms with Crippen molar-refractivity contribution in [2.75, 3.05) is 18.0 Å². The summed E-state index contributed by atoms with van der Waals surface area (Å²) in [6.07, 6.45) is 2.49. The van der Waals surface area contributed by atoms with E-state index in [2.05, 4.69) is 55.6 Å². The van der Waals surface area contributed by atoms with Crippen LogP contribution in [0.3, 0.4) is 0 Å². The number of benzene rings is 1. The number of nitrogens with one attached hydrogen (secondary N) is 2. The molecule has 1 aliphatic heterocycles. The number of hydrogen-bond donors (Lipinski definition) is 2. The molecule has 1 fully saturated rings. The summed E-state index contributed by atoms with van der Waals surface area (Å²) >= 11 is 0. The number of rotatable bonds is 7. The molecule has 7 nitrogen and oxygen atoms in total. The van der Waals surface area contributed by atoms with Gasteiger partial charge in [0.25, 0.3) is 0 Å². The maximum Gasteiger partial charge on any atom is 0.227 e. The van der Waals surface area contributed by atoms with E-state index in [0.29, 0.717) is 13.0 Å². The van der Waals surface area contributed by atoms with Crippen LogP contribution in [0.5, 0.6) is 0 Å². The highest BCUT2D eigenvalue weighted by Gasteiger charge is 2.21. The summed E-state index contributed by atoms with van der Waals surface area (Å²) in [5, 5.41) is 11.4. The number of aromatic nitrogens is 2. The molecule has 1 atom stereocenters. The number of anilines is 1. The lowest BCUT2D eigenvalue weighted by Gasteiger charge is -2.18. The van der Waals surface area contributed by atoms with E-state index in [1.807, 2.05) is 28.8 Å². The lowest BCUT2D eigenvalue weighted by molar-refractivity contribution is -0.117. The molecular formula is C23H34N6O. The summed E-state index contributed by atoms with van der Waals surface area (Å²) in [6, 6.07) is 8.38. The quantitative estimate of drug-likeness (QED) is 0.544. The lowest BCUT2D eigenvalue weighted by atomic mass is 10.1. The third-order valence-electron chi connectivity index (χ3n) is 5.64. The number of hydrogen-bond acceptors (Lipinski definition) is 3. The van der Waals surface area contributed by atoms with Gasteiger partial charge in [0.15, 0.2) is 5.96 Å². The molecule has 1 aromatic heterocycles. The molecule has 2 N–H and O–H groups in total. The smallest absolute Gasteiger partial charge is 0.227 e. The van der Waals surface area contributed by atoms with Crippen molar-refractivity contribution in [3.63, 3.8) is 0 Å². The maximum absolute atomic E-state index is 11.9. The molecule has 0 radical (unpaired) electrons. The van der Waals surface area contributed by atoms with E-state index in [9.17, 15) is 4.79 Å². The van der Waals surface area contributed by atoms with E-state index in [-0.39, 0.29) is 11.9 Å². The minimum absolute atomic E-state index is 0.215. The topological polar surface area (TPSA) is 74.6 Å². The van der Waals surface area contributed by atoms with Gasteiger partial charge in [0, 0.05) is 44.0 Å². The predicted molar refractivity (Wildman–Crippen MR) is 122 cm³/mol. The molecule has 1 unspecified atom stereocenters. The molecule has 3 rings (SSSR count). The highest BCUT2D eigenvalue weighted by molar-refractivity contribution is 5.95. The van der Waals surface area contributed by atoms with Crippen LogP contribution in [0.25, 0.3) is 0 Å². The zero-order valence-electron chi connectivity index (χ0n) is 18.8. The van der Waals surface area contributed by atoms with E-state index >= 15 is 0 Å². The van der Waals surface area contributed by atoms with Crippen LogP contribution in [0.15, 0.2) is 29.3 Å². The number of amides is 1. The number of nitrogens with zero attached hydrogens (tertiary/aromatic N) is 4. The molecule has 0 aliphatic carbocycles. The van der Waals surface area contributed by atoms with Gasteiger partial charge < -0.3 is 15.5 Å². The number of carbonyl (C=O) groups is 1. The normalized spacial score (nSPS) is 15.6. The average molecular weight is 411 g/mol. The van der Waals surface area contributed by atoms with Crippen molar-refractivity contribution in [2.24, 2.45) is 12.0 Å². The van der Waals surface area contributed by atoms with Gasteiger partial charge in [0.1, 0.15) is 0 Å². The molecule has 2 aromatic rings. The van der Waals surface area contributed by atoms with E-state index in [0.717, 1.165) is 48.8 Å². The van der Waals surface area contributed by atoms with Crippen LogP contribution >= 0.6 is 0 Å². The zero-order valence-corrected chi connectivity index (χ0v) is 18.8. The van der Waals surface area contributed by atoms with Crippen LogP contribution in [0.2, 0.25) is 0 Å². The van der Waals surface area contributed by atoms with Gasteiger partial charge in [-0.05, 0) is 63.8 Å². The van der Waals surface area contributed by atoms with Crippen LogP contribution in [0.4, 0.5) is 5.69 Å². The second-order valence-corrected chi connectivity index (χ2v) is 8.03. The van der Waals surface area contributed by atoms with E-state index in [4.69, 9.17) is 4.99 Å². The monoisotopic (exact) mass is 410 g/mol. The van der Waals surface area contributed by atoms with Crippen LogP contribution in [-0.2, 0) is 24.8 Å². The Bertz CT molecular complexity index is 899. The van der Waals surface area contributed by atoms with E-state index in [1.54, 1.807) is 0 Å². The third kappa shape index (κ3) is 5.20. The largest absolute Gasteiger partial charge is 0.357 e. The number of guanidine groups is 1. The molecule has 1 aliphatic rings. The first-order valence-corrected chi connectivity index (χ1v) is 10.8. The Morgan fingerprint density at radius 1 is 1.27 bits per heavy atom. The van der Waals surface area contributed by atoms with Crippen molar-refractivity contribution in [1.82, 2.24) is 20.4 Å². The predicted octanol–water partition coefficient (Wildman–Crippen LogP) is 2.85. The summed E-state index contributed by atoms with van der Waals surface area (Å²) in [6.45, 7) is 10.6. The Balaban J connectivity index is 1.61. The minimum Gasteiger partial charge on any atom is -0.357 e. The highest BCUT2D eigenvalue weighted by atomic mass is 16.2. The number of aryl methyl sites for hydroxylation is 2. The Kier molecular flexibility index (Phi) is 7.13. The Morgan fingerprint density at radius 3 is 2.57 bits per heavy atom. The first-order chi connectivity index (χ1) is 14.4. The standard InChI is InChI=1S/C23H34N6O/c1-6-24-23(26-16(2)14-21-17(3)27-28(5)18(21)4)25-15-19-9-11-20(12-10-19)29-13-7-8-22(29)30/h9-12,16H,6-8,13-15H2,1-5H3,(H2,24,25,26). The van der Waals surface area contributed by atoms with Crippen molar-refractivity contribution < 1.29 is 4.79 Å². The number of aliphatic imine (C=N–C) groups is 1. The van der Waals surface area contributed by atoms with Gasteiger partial charge in [-0.1, -0.05) is 12.1 Å². The lowest BCUT2D eigenvalue weighted by Crippen LogP contribution is -2.43. The molecule has 1 amide bonds. The molecule has 1 saturated heterocycles. The fourth-order valence-electron chi connectivity index (χ4n) is 3.90. The first-order valence-electron chi connectivity index (χ1n) is 10.8. The Labute approximate surface area is 179 Å². The number of carbonyl (C=O) groups excluding carboxylic acids is 1. The van der Waals surface area contributed by atoms with E-state index < -0.39 is 0 Å². The van der Waals surface area contributed by atoms with Crippen molar-refractivity contribution in [3.05, 3.63) is 46.8 Å². The van der Waals surface area contributed by atoms with Gasteiger partial charge in [0.2, 0.25) is 5.91 Å². The fourth-order valence-corrected chi connectivity index (χ4v) is 3.90. The van der Waals surface area contributed by atoms with Crippen LogP contribution in [-0.4, -0.2) is 40.8 Å². The van der Waals surface area contributed by atoms with Gasteiger partial charge >= 0.3 is 0 Å². The van der Waals surface area contributed by atoms with Gasteiger partial charge in [0.05, 0.1) is 12.2 Å². The van der Waals surface area contributed by atoms with Gasteiger partial charge in [-0.25, -0.2) is 4.99 Å². The minimum atomic E-state index is 0.215. The summed E-state index contributed by atoms with van der Waals surface area (Å²) in [7, 11) is 1.99. The summed E-state index contributed by atoms with van der Waals surface area (Å²) in [5.41, 5.74) is 5.68. The van der Waals surface area contributed by atoms with Gasteiger partial charge in [-0.3, -0.25) is 9.48 Å². The van der Waals surface area contributed by atoms with Crippen molar-refractivity contribution in [3.8, 4) is 0 Å². The molecule has 1 aromatic carbocycles. The highest BCUT2D eigenvalue weighted by Crippen LogP contribution is 2.21. The summed E-state index contributed by atoms with van der Waals surface area (Å²) < 4.78 is 1.94. The molecule has 0 spiro atoms. The molecule has 2 heterocycles. The summed E-state index contributed by atoms with van der Waals surface area (Å²) in [4.78, 5) is 18.5. The first kappa shape index (κ1) is 21.9. The average Bonchev–Trinajstić information content (AvgIpc) is 3.25. The van der Waals surface area contributed by atoms with E-state index in [1.165, 1.54) is 11.3 Å². The summed E-state index contributed by atoms with van der Waals surface area (Å²) in [5.74, 6) is 1.02. The molecule has 162 valence electrons. The zero-order chi connectivity index (χ0) is 21.7. The van der Waals surface area contributed by atoms with Crippen molar-refractivity contribution in [2.45, 2.75) is 59.5 Å². The second kappa shape index (κ2) is 9.78. The van der Waals surface area contributed by atoms with Gasteiger partial charge in [-0.2, -0.15) is 5.10 Å². The SMILES string of the molecule is CCNC(=NCc1ccc(N2CCCC2=O)cc1)NC(C)Cc1c(C)nn(C)c1C. The third-order valence-corrected chi connectivity index (χ3v) is 5.64. The fraction of sp³-hybridized carbons (Fsp3) is 0.522. The molecule has 0 saturated carbocycles. The van der Waals surface area contributed by atoms with Crippen LogP contribution in [0.1, 0.15) is 49.2 Å². The van der Waals surface area contributed by atoms with Crippen LogP contribution in [0, 0.1) is 13.8 Å². The maximum atomic E-state index is 11.9. The Morgan fingerprint density at radius 2 is 2.00 bits per heavy atom. The van der Waals surface area contributed by atoms with Crippen LogP contribution < -0.4 is 15.5 Å². The molecule has 0 bridgehead atoms. The van der Waals surface area contributed by atoms with Gasteiger partial charge in [-0.15, -0.1) is 0 Å². The molecule has 7 heteroatoms. The molecular weight excluding hydrogens is 376 g/mol.